The van der Waals surface area contributed by atoms with Crippen LogP contribution in [0.3, 0.4) is 0 Å². The Kier molecular flexibility index (Phi) is 6.08. The van der Waals surface area contributed by atoms with Crippen LogP contribution in [0.4, 0.5) is 5.69 Å². The van der Waals surface area contributed by atoms with Crippen molar-refractivity contribution < 1.29 is 13.2 Å². The highest BCUT2D eigenvalue weighted by Gasteiger charge is 2.36. The van der Waals surface area contributed by atoms with Crippen LogP contribution in [0, 0.1) is 6.92 Å². The minimum Gasteiger partial charge on any atom is -0.320 e. The topological polar surface area (TPSA) is 110 Å². The van der Waals surface area contributed by atoms with E-state index in [0.29, 0.717) is 42.2 Å². The minimum atomic E-state index is -3.17. The SMILES string of the molecule is CCCS(=O)(=O)N1CC(c2ccc(-c3ccc(C)c(NC(=O)c4cnc5ccccn45)c3)nn2)C1. The fourth-order valence-electron chi connectivity index (χ4n) is 4.16. The largest absolute Gasteiger partial charge is 0.320 e. The highest BCUT2D eigenvalue weighted by Crippen LogP contribution is 2.30. The second-order valence-corrected chi connectivity index (χ2v) is 10.8. The van der Waals surface area contributed by atoms with Crippen molar-refractivity contribution in [3.05, 3.63) is 77.9 Å². The Morgan fingerprint density at radius 1 is 1.11 bits per heavy atom. The Morgan fingerprint density at radius 3 is 2.69 bits per heavy atom. The molecule has 4 heterocycles. The third-order valence-corrected chi connectivity index (χ3v) is 8.25. The molecule has 4 aromatic rings. The number of imidazole rings is 1. The highest BCUT2D eigenvalue weighted by atomic mass is 32.2. The summed E-state index contributed by atoms with van der Waals surface area (Å²) in [4.78, 5) is 17.2. The summed E-state index contributed by atoms with van der Waals surface area (Å²) < 4.78 is 27.6. The van der Waals surface area contributed by atoms with Gasteiger partial charge in [0.15, 0.2) is 0 Å². The molecule has 1 saturated heterocycles. The summed E-state index contributed by atoms with van der Waals surface area (Å²) in [5.74, 6) is -0.0204. The Morgan fingerprint density at radius 2 is 1.94 bits per heavy atom. The van der Waals surface area contributed by atoms with Gasteiger partial charge in [-0.15, -0.1) is 0 Å². The van der Waals surface area contributed by atoms with E-state index in [1.54, 1.807) is 16.8 Å². The van der Waals surface area contributed by atoms with Crippen molar-refractivity contribution in [3.63, 3.8) is 0 Å². The smallest absolute Gasteiger partial charge is 0.274 e. The molecule has 0 aliphatic carbocycles. The molecule has 0 radical (unpaired) electrons. The van der Waals surface area contributed by atoms with Crippen LogP contribution in [-0.2, 0) is 10.0 Å². The summed E-state index contributed by atoms with van der Waals surface area (Å²) in [6, 6.07) is 15.1. The predicted molar refractivity (Wildman–Crippen MR) is 134 cm³/mol. The molecule has 10 heteroatoms. The first-order chi connectivity index (χ1) is 16.9. The molecule has 5 rings (SSSR count). The quantitative estimate of drug-likeness (QED) is 0.425. The fraction of sp³-hybridized carbons (Fsp3) is 0.280. The number of anilines is 1. The number of pyridine rings is 1. The molecule has 1 aliphatic heterocycles. The zero-order valence-corrected chi connectivity index (χ0v) is 20.4. The van der Waals surface area contributed by atoms with E-state index in [1.165, 1.54) is 4.31 Å². The van der Waals surface area contributed by atoms with Gasteiger partial charge in [0.2, 0.25) is 10.0 Å². The molecule has 0 atom stereocenters. The van der Waals surface area contributed by atoms with Gasteiger partial charge in [-0.05, 0) is 49.2 Å². The van der Waals surface area contributed by atoms with Crippen LogP contribution < -0.4 is 5.32 Å². The molecule has 1 amide bonds. The lowest BCUT2D eigenvalue weighted by Gasteiger charge is -2.37. The number of carbonyl (C=O) groups is 1. The van der Waals surface area contributed by atoms with Gasteiger partial charge in [0.1, 0.15) is 11.3 Å². The number of hydrogen-bond acceptors (Lipinski definition) is 6. The Balaban J connectivity index is 1.30. The number of aromatic nitrogens is 4. The Hall–Kier alpha value is -3.63. The minimum absolute atomic E-state index is 0.0570. The molecule has 9 nitrogen and oxygen atoms in total. The number of nitrogens with zero attached hydrogens (tertiary/aromatic N) is 5. The van der Waals surface area contributed by atoms with Crippen LogP contribution in [0.25, 0.3) is 16.9 Å². The van der Waals surface area contributed by atoms with Gasteiger partial charge >= 0.3 is 0 Å². The van der Waals surface area contributed by atoms with Gasteiger partial charge in [0, 0.05) is 36.5 Å². The van der Waals surface area contributed by atoms with Gasteiger partial charge < -0.3 is 5.32 Å². The van der Waals surface area contributed by atoms with Gasteiger partial charge in [-0.2, -0.15) is 10.2 Å². The summed E-state index contributed by atoms with van der Waals surface area (Å²) in [6.45, 7) is 4.68. The predicted octanol–water partition coefficient (Wildman–Crippen LogP) is 3.49. The van der Waals surface area contributed by atoms with Crippen molar-refractivity contribution in [1.29, 1.82) is 0 Å². The van der Waals surface area contributed by atoms with E-state index in [4.69, 9.17) is 0 Å². The standard InChI is InChI=1S/C25H26N6O3S/c1-3-12-35(33,34)30-15-19(16-30)21-10-9-20(28-29-21)18-8-7-17(2)22(13-18)27-25(32)23-14-26-24-6-4-5-11-31(23)24/h4-11,13-14,19H,3,12,15-16H2,1-2H3,(H,27,32). The van der Waals surface area contributed by atoms with Gasteiger partial charge in [-0.3, -0.25) is 9.20 Å². The normalized spacial score (nSPS) is 14.7. The van der Waals surface area contributed by atoms with E-state index in [9.17, 15) is 13.2 Å². The summed E-state index contributed by atoms with van der Waals surface area (Å²) >= 11 is 0. The van der Waals surface area contributed by atoms with Crippen LogP contribution >= 0.6 is 0 Å². The van der Waals surface area contributed by atoms with E-state index in [2.05, 4.69) is 20.5 Å². The average Bonchev–Trinajstić information content (AvgIpc) is 3.24. The Bertz CT molecular complexity index is 1490. The molecule has 1 aromatic carbocycles. The number of aryl methyl sites for hydroxylation is 1. The zero-order chi connectivity index (χ0) is 24.6. The van der Waals surface area contributed by atoms with E-state index >= 15 is 0 Å². The Labute approximate surface area is 203 Å². The maximum atomic E-state index is 12.9. The van der Waals surface area contributed by atoms with Crippen LogP contribution in [0.5, 0.6) is 0 Å². The first-order valence-corrected chi connectivity index (χ1v) is 13.1. The molecule has 0 spiro atoms. The monoisotopic (exact) mass is 490 g/mol. The van der Waals surface area contributed by atoms with Crippen molar-refractivity contribution in [1.82, 2.24) is 23.9 Å². The summed E-state index contributed by atoms with van der Waals surface area (Å²) in [7, 11) is -3.17. The molecule has 3 aromatic heterocycles. The van der Waals surface area contributed by atoms with Crippen LogP contribution in [0.1, 0.15) is 41.0 Å². The molecule has 0 unspecified atom stereocenters. The lowest BCUT2D eigenvalue weighted by molar-refractivity contribution is 0.102. The second kappa shape index (κ2) is 9.20. The van der Waals surface area contributed by atoms with Crippen molar-refractivity contribution in [2.75, 3.05) is 24.2 Å². The summed E-state index contributed by atoms with van der Waals surface area (Å²) in [6.07, 6.45) is 3.97. The molecule has 1 N–H and O–H groups in total. The van der Waals surface area contributed by atoms with Gasteiger partial charge in [-0.1, -0.05) is 25.1 Å². The van der Waals surface area contributed by atoms with Crippen molar-refractivity contribution in [2.45, 2.75) is 26.2 Å². The number of benzene rings is 1. The first-order valence-electron chi connectivity index (χ1n) is 11.5. The number of carbonyl (C=O) groups excluding carboxylic acids is 1. The van der Waals surface area contributed by atoms with Crippen LogP contribution in [-0.4, -0.2) is 57.1 Å². The zero-order valence-electron chi connectivity index (χ0n) is 19.5. The third kappa shape index (κ3) is 4.54. The van der Waals surface area contributed by atoms with E-state index < -0.39 is 10.0 Å². The van der Waals surface area contributed by atoms with Crippen molar-refractivity contribution >= 4 is 27.3 Å². The van der Waals surface area contributed by atoms with E-state index in [-0.39, 0.29) is 17.6 Å². The lowest BCUT2D eigenvalue weighted by Crippen LogP contribution is -2.49. The molecular weight excluding hydrogens is 464 g/mol. The highest BCUT2D eigenvalue weighted by molar-refractivity contribution is 7.89. The summed E-state index contributed by atoms with van der Waals surface area (Å²) in [5, 5.41) is 11.7. The third-order valence-electron chi connectivity index (χ3n) is 6.24. The van der Waals surface area contributed by atoms with Crippen molar-refractivity contribution in [3.8, 4) is 11.3 Å². The van der Waals surface area contributed by atoms with Gasteiger partial charge in [0.25, 0.3) is 5.91 Å². The maximum Gasteiger partial charge on any atom is 0.274 e. The molecule has 35 heavy (non-hydrogen) atoms. The number of amides is 1. The molecular formula is C25H26N6O3S. The molecule has 0 bridgehead atoms. The van der Waals surface area contributed by atoms with Gasteiger partial charge in [-0.25, -0.2) is 17.7 Å². The number of rotatable bonds is 7. The maximum absolute atomic E-state index is 12.9. The fourth-order valence-corrected chi connectivity index (χ4v) is 5.74. The number of sulfonamides is 1. The molecule has 1 fully saturated rings. The average molecular weight is 491 g/mol. The van der Waals surface area contributed by atoms with Crippen LogP contribution in [0.2, 0.25) is 0 Å². The molecule has 0 saturated carbocycles. The second-order valence-electron chi connectivity index (χ2n) is 8.73. The van der Waals surface area contributed by atoms with E-state index in [1.807, 2.05) is 62.4 Å². The number of hydrogen-bond donors (Lipinski definition) is 1. The van der Waals surface area contributed by atoms with Gasteiger partial charge in [0.05, 0.1) is 23.3 Å². The van der Waals surface area contributed by atoms with Crippen molar-refractivity contribution in [2.24, 2.45) is 0 Å². The lowest BCUT2D eigenvalue weighted by atomic mass is 9.98. The molecule has 1 aliphatic rings. The summed E-state index contributed by atoms with van der Waals surface area (Å²) in [5.41, 5.74) is 5.03. The van der Waals surface area contributed by atoms with E-state index in [0.717, 1.165) is 16.8 Å². The number of fused-ring (bicyclic) bond motifs is 1. The first kappa shape index (κ1) is 23.1. The number of nitrogens with one attached hydrogen (secondary N) is 1. The molecule has 180 valence electrons. The van der Waals surface area contributed by atoms with Crippen LogP contribution in [0.15, 0.2) is 60.9 Å².